The summed E-state index contributed by atoms with van der Waals surface area (Å²) in [5, 5.41) is 12.8. The molecule has 0 aliphatic carbocycles. The van der Waals surface area contributed by atoms with E-state index in [1.807, 2.05) is 113 Å². The lowest BCUT2D eigenvalue weighted by atomic mass is 9.84. The van der Waals surface area contributed by atoms with Crippen LogP contribution in [0.15, 0.2) is 164 Å². The average molecular weight is 1200 g/mol. The number of ether oxygens (including phenoxy) is 3. The number of aliphatic carboxylic acids is 1. The fourth-order valence-electron chi connectivity index (χ4n) is 13.5. The molecule has 2 amide bonds. The maximum absolute atomic E-state index is 13.7. The first-order valence-electron chi connectivity index (χ1n) is 32.4. The van der Waals surface area contributed by atoms with Crippen molar-refractivity contribution in [3.05, 3.63) is 203 Å². The average Bonchev–Trinajstić information content (AvgIpc) is 0.935. The number of carboxylic acids is 1. The molecule has 0 bridgehead atoms. The predicted octanol–water partition coefficient (Wildman–Crippen LogP) is 15.2. The third kappa shape index (κ3) is 17.8. The van der Waals surface area contributed by atoms with E-state index in [2.05, 4.69) is 92.1 Å². The maximum Gasteiger partial charge on any atom is 0.331 e. The van der Waals surface area contributed by atoms with E-state index in [-0.39, 0.29) is 24.8 Å². The van der Waals surface area contributed by atoms with E-state index in [1.54, 1.807) is 6.08 Å². The van der Waals surface area contributed by atoms with Crippen molar-refractivity contribution in [3.63, 3.8) is 0 Å². The lowest BCUT2D eigenvalue weighted by Crippen LogP contribution is -2.40. The van der Waals surface area contributed by atoms with Gasteiger partial charge in [0.2, 0.25) is 0 Å². The Hall–Kier alpha value is -8.06. The number of amides is 2. The van der Waals surface area contributed by atoms with Gasteiger partial charge >= 0.3 is 11.9 Å². The van der Waals surface area contributed by atoms with Crippen molar-refractivity contribution in [2.75, 3.05) is 78.7 Å². The normalized spacial score (nSPS) is 17.2. The second-order valence-corrected chi connectivity index (χ2v) is 26.3. The van der Waals surface area contributed by atoms with Gasteiger partial charge in [0, 0.05) is 76.0 Å². The van der Waals surface area contributed by atoms with Crippen molar-refractivity contribution in [2.24, 2.45) is 10.8 Å². The van der Waals surface area contributed by atoms with Crippen molar-refractivity contribution in [2.45, 2.75) is 111 Å². The van der Waals surface area contributed by atoms with Crippen LogP contribution >= 0.6 is 0 Å². The summed E-state index contributed by atoms with van der Waals surface area (Å²) in [4.78, 5) is 59.8. The van der Waals surface area contributed by atoms with Gasteiger partial charge in [-0.15, -0.1) is 0 Å². The van der Waals surface area contributed by atoms with Crippen LogP contribution in [0.2, 0.25) is 0 Å². The molecule has 12 heteroatoms. The molecule has 466 valence electrons. The number of rotatable bonds is 21. The quantitative estimate of drug-likeness (QED) is 0.0422. The van der Waals surface area contributed by atoms with Crippen LogP contribution in [0.3, 0.4) is 0 Å². The third-order valence-electron chi connectivity index (χ3n) is 18.3. The van der Waals surface area contributed by atoms with Crippen molar-refractivity contribution >= 4 is 56.9 Å². The van der Waals surface area contributed by atoms with Crippen LogP contribution in [0.5, 0.6) is 11.5 Å². The second kappa shape index (κ2) is 30.4. The summed E-state index contributed by atoms with van der Waals surface area (Å²) in [6, 6.07) is 49.8. The minimum atomic E-state index is -0.813. The monoisotopic (exact) mass is 1200 g/mol. The number of nitrogens with zero attached hydrogens (tertiary/aromatic N) is 4. The Morgan fingerprint density at radius 1 is 0.584 bits per heavy atom. The van der Waals surface area contributed by atoms with Crippen LogP contribution in [0.25, 0.3) is 33.2 Å². The number of esters is 1. The van der Waals surface area contributed by atoms with Gasteiger partial charge in [-0.3, -0.25) is 14.4 Å². The van der Waals surface area contributed by atoms with Gasteiger partial charge in [0.05, 0.1) is 13.2 Å². The largest absolute Gasteiger partial charge is 0.494 e. The van der Waals surface area contributed by atoms with Crippen LogP contribution in [-0.2, 0) is 27.4 Å². The molecule has 4 aliphatic heterocycles. The summed E-state index contributed by atoms with van der Waals surface area (Å²) < 4.78 is 17.5. The first-order valence-corrected chi connectivity index (χ1v) is 32.4. The van der Waals surface area contributed by atoms with Crippen LogP contribution in [0.1, 0.15) is 146 Å². The lowest BCUT2D eigenvalue weighted by molar-refractivity contribution is -0.139. The minimum Gasteiger partial charge on any atom is -0.494 e. The molecular weight excluding hydrogens is 1110 g/mol. The molecule has 0 radical (unpaired) electrons. The zero-order valence-electron chi connectivity index (χ0n) is 52.8. The Bertz CT molecular complexity index is 3590. The molecule has 0 spiro atoms. The molecule has 0 unspecified atom stereocenters. The van der Waals surface area contributed by atoms with Crippen LogP contribution in [0.4, 0.5) is 0 Å². The fraction of sp³-hybridized carbons (Fsp3) is 0.403. The molecule has 3 saturated heterocycles. The number of fused-ring (bicyclic) bond motifs is 2. The highest BCUT2D eigenvalue weighted by molar-refractivity contribution is 6.10. The number of hydrogen-bond donors (Lipinski definition) is 1. The molecular formula is C77H90N4O8. The van der Waals surface area contributed by atoms with E-state index in [4.69, 9.17) is 19.3 Å². The highest BCUT2D eigenvalue weighted by atomic mass is 16.5. The van der Waals surface area contributed by atoms with E-state index in [0.29, 0.717) is 47.4 Å². The molecule has 7 aromatic carbocycles. The van der Waals surface area contributed by atoms with Gasteiger partial charge < -0.3 is 38.9 Å². The molecule has 1 N–H and O–H groups in total. The molecule has 12 nitrogen and oxygen atoms in total. The van der Waals surface area contributed by atoms with Crippen molar-refractivity contribution < 1.29 is 38.5 Å². The number of aryl methyl sites for hydroxylation is 1. The Morgan fingerprint density at radius 2 is 1.13 bits per heavy atom. The van der Waals surface area contributed by atoms with E-state index in [1.165, 1.54) is 74.6 Å². The summed E-state index contributed by atoms with van der Waals surface area (Å²) >= 11 is 0. The maximum atomic E-state index is 13.7. The lowest BCUT2D eigenvalue weighted by Gasteiger charge is -2.38. The first kappa shape index (κ1) is 63.9. The number of carbonyl (C=O) groups excluding carboxylic acids is 3. The molecule has 0 aromatic heterocycles. The number of carboxylic acid groups (broad SMARTS) is 1. The third-order valence-corrected chi connectivity index (χ3v) is 18.3. The van der Waals surface area contributed by atoms with E-state index >= 15 is 0 Å². The van der Waals surface area contributed by atoms with Crippen molar-refractivity contribution in [1.82, 2.24) is 19.6 Å². The molecule has 11 rings (SSSR count). The molecule has 89 heavy (non-hydrogen) atoms. The van der Waals surface area contributed by atoms with Gasteiger partial charge in [0.25, 0.3) is 11.8 Å². The van der Waals surface area contributed by atoms with Gasteiger partial charge in [-0.05, 0) is 191 Å². The van der Waals surface area contributed by atoms with Crippen molar-refractivity contribution in [3.8, 4) is 11.5 Å². The number of hydrogen-bond acceptors (Lipinski definition) is 9. The Kier molecular flexibility index (Phi) is 21.9. The van der Waals surface area contributed by atoms with E-state index in [9.17, 15) is 19.2 Å². The van der Waals surface area contributed by atoms with Crippen LogP contribution < -0.4 is 9.47 Å². The first-order chi connectivity index (χ1) is 43.1. The Balaban J connectivity index is 0.000000199. The van der Waals surface area contributed by atoms with E-state index < -0.39 is 11.9 Å². The van der Waals surface area contributed by atoms with Gasteiger partial charge in [-0.25, -0.2) is 4.79 Å². The van der Waals surface area contributed by atoms with Crippen LogP contribution in [-0.4, -0.2) is 127 Å². The Labute approximate surface area is 527 Å². The highest BCUT2D eigenvalue weighted by Gasteiger charge is 2.29. The highest BCUT2D eigenvalue weighted by Crippen LogP contribution is 2.34. The molecule has 7 aromatic rings. The Morgan fingerprint density at radius 3 is 1.72 bits per heavy atom. The van der Waals surface area contributed by atoms with Gasteiger partial charge in [0.1, 0.15) is 18.1 Å². The molecule has 4 aliphatic rings. The van der Waals surface area contributed by atoms with Gasteiger partial charge in [-0.1, -0.05) is 149 Å². The summed E-state index contributed by atoms with van der Waals surface area (Å²) in [6.07, 6.45) is 15.9. The number of carbonyl (C=O) groups is 4. The minimum absolute atomic E-state index is 0.0103. The molecule has 3 fully saturated rings. The fourth-order valence-corrected chi connectivity index (χ4v) is 13.5. The SMILES string of the molecule is CC1(C)CCCN(CCCOc2ccc(C3=CCN(C(=O)c4ccc(/C=C/C(=O)OCc5ccccc5)c5ccccc45)CC3)cc2)C1.CC1(C)CCCN(CCCOc2ccc(C3CCN(C(=O)c4ccc(CCC(=O)O)c5ccccc45)CC3)cc2)C1. The zero-order chi connectivity index (χ0) is 62.2. The molecule has 0 atom stereocenters. The van der Waals surface area contributed by atoms with E-state index in [0.717, 1.165) is 121 Å². The number of benzene rings is 7. The zero-order valence-corrected chi connectivity index (χ0v) is 52.8. The summed E-state index contributed by atoms with van der Waals surface area (Å²) in [5.41, 5.74) is 8.73. The molecule has 0 saturated carbocycles. The predicted molar refractivity (Wildman–Crippen MR) is 358 cm³/mol. The van der Waals surface area contributed by atoms with Gasteiger partial charge in [0.15, 0.2) is 0 Å². The van der Waals surface area contributed by atoms with Crippen LogP contribution in [0, 0.1) is 10.8 Å². The number of likely N-dealkylation sites (tertiary alicyclic amines) is 3. The topological polar surface area (TPSA) is 129 Å². The smallest absolute Gasteiger partial charge is 0.331 e. The second-order valence-electron chi connectivity index (χ2n) is 26.3. The van der Waals surface area contributed by atoms with Crippen molar-refractivity contribution in [1.29, 1.82) is 0 Å². The summed E-state index contributed by atoms with van der Waals surface area (Å²) in [6.45, 7) is 20.8. The summed E-state index contributed by atoms with van der Waals surface area (Å²) in [5.74, 6) is 1.11. The standard InChI is InChI=1S/C42H46N2O4.C35H44N2O4/c1-42(2)24-8-25-43(31-42)26-9-29-47-36-18-14-33(15-19-36)34-22-27-44(28-23-34)41(46)39-20-16-35(37-12-6-7-13-38(37)39)17-21-40(45)48-30-32-10-4-3-5-11-32;1-35(2)19-5-20-36(25-35)21-6-24-41-29-13-9-26(10-14-29)27-17-22-37(23-18-27)34(40)32-15-11-28(12-16-33(38)39)30-7-3-4-8-31(30)32/h3-7,10-22H,8-9,23-31H2,1-2H3;3-4,7-11,13-15,27H,5-6,12,16-25H2,1-2H3,(H,38,39)/b21-17+;. The summed E-state index contributed by atoms with van der Waals surface area (Å²) in [7, 11) is 0. The van der Waals surface area contributed by atoms with Gasteiger partial charge in [-0.2, -0.15) is 0 Å². The molecule has 4 heterocycles. The number of piperidine rings is 3.